The molecular weight excluding hydrogens is 310 g/mol. The second kappa shape index (κ2) is 5.52. The van der Waals surface area contributed by atoms with Crippen molar-refractivity contribution in [2.45, 2.75) is 0 Å². The minimum Gasteiger partial charge on any atom is -0.478 e. The van der Waals surface area contributed by atoms with E-state index in [0.29, 0.717) is 0 Å². The molecule has 0 saturated carbocycles. The Morgan fingerprint density at radius 1 is 1.25 bits per heavy atom. The molecule has 8 heteroatoms. The number of aromatic amines is 1. The fourth-order valence-corrected chi connectivity index (χ4v) is 1.80. The van der Waals surface area contributed by atoms with Crippen molar-refractivity contribution in [3.8, 4) is 0 Å². The van der Waals surface area contributed by atoms with Crippen molar-refractivity contribution >= 4 is 40.8 Å². The fraction of sp³-hybridized carbons (Fsp3) is 0. The number of amides is 1. The van der Waals surface area contributed by atoms with Gasteiger partial charge >= 0.3 is 5.97 Å². The summed E-state index contributed by atoms with van der Waals surface area (Å²) < 4.78 is 13.4. The number of nitrogens with one attached hydrogen (secondary N) is 2. The largest absolute Gasteiger partial charge is 0.478 e. The van der Waals surface area contributed by atoms with Crippen LogP contribution in [0.2, 0.25) is 10.2 Å². The van der Waals surface area contributed by atoms with E-state index in [-0.39, 0.29) is 21.6 Å². The van der Waals surface area contributed by atoms with Crippen LogP contribution in [0, 0.1) is 5.82 Å². The van der Waals surface area contributed by atoms with E-state index in [4.69, 9.17) is 28.3 Å². The van der Waals surface area contributed by atoms with Crippen LogP contribution in [-0.4, -0.2) is 22.0 Å². The summed E-state index contributed by atoms with van der Waals surface area (Å²) in [6.07, 6.45) is 0. The van der Waals surface area contributed by atoms with Gasteiger partial charge in [0.1, 0.15) is 16.7 Å². The van der Waals surface area contributed by atoms with Crippen LogP contribution in [0.3, 0.4) is 0 Å². The molecule has 0 unspecified atom stereocenters. The van der Waals surface area contributed by atoms with Gasteiger partial charge in [0.2, 0.25) is 0 Å². The molecule has 0 radical (unpaired) electrons. The zero-order chi connectivity index (χ0) is 14.9. The molecule has 104 valence electrons. The van der Waals surface area contributed by atoms with Crippen LogP contribution in [0.15, 0.2) is 24.3 Å². The molecule has 2 aromatic rings. The van der Waals surface area contributed by atoms with Crippen molar-refractivity contribution in [2.75, 3.05) is 5.32 Å². The zero-order valence-corrected chi connectivity index (χ0v) is 11.2. The third-order valence-corrected chi connectivity index (χ3v) is 3.12. The van der Waals surface area contributed by atoms with Gasteiger partial charge in [0, 0.05) is 5.69 Å². The zero-order valence-electron chi connectivity index (χ0n) is 9.71. The van der Waals surface area contributed by atoms with Crippen LogP contribution in [0.1, 0.15) is 20.8 Å². The molecule has 5 nitrogen and oxygen atoms in total. The number of carbonyl (C=O) groups is 2. The van der Waals surface area contributed by atoms with Crippen molar-refractivity contribution in [3.63, 3.8) is 0 Å². The minimum atomic E-state index is -1.39. The Morgan fingerprint density at radius 2 is 1.95 bits per heavy atom. The summed E-state index contributed by atoms with van der Waals surface area (Å²) in [7, 11) is 0. The molecule has 1 amide bonds. The normalized spacial score (nSPS) is 10.3. The quantitative estimate of drug-likeness (QED) is 0.811. The number of aromatic carboxylic acids is 1. The average molecular weight is 317 g/mol. The van der Waals surface area contributed by atoms with Gasteiger partial charge in [0.25, 0.3) is 5.91 Å². The number of aromatic nitrogens is 1. The Hall–Kier alpha value is -2.05. The fourth-order valence-electron chi connectivity index (χ4n) is 1.49. The molecule has 1 aromatic heterocycles. The first kappa shape index (κ1) is 14.4. The lowest BCUT2D eigenvalue weighted by Crippen LogP contribution is -2.13. The lowest BCUT2D eigenvalue weighted by molar-refractivity contribution is 0.0692. The number of carbonyl (C=O) groups excluding carboxylic acids is 1. The number of halogens is 3. The van der Waals surface area contributed by atoms with E-state index in [1.165, 1.54) is 12.1 Å². The van der Waals surface area contributed by atoms with E-state index in [2.05, 4.69) is 10.3 Å². The highest BCUT2D eigenvalue weighted by molar-refractivity contribution is 6.41. The SMILES string of the molecule is O=C(Nc1ccc(C(=O)O)c(F)c1)c1cc(Cl)c(Cl)[nH]1. The van der Waals surface area contributed by atoms with Crippen LogP contribution >= 0.6 is 23.2 Å². The molecule has 20 heavy (non-hydrogen) atoms. The Labute approximate surface area is 122 Å². The maximum absolute atomic E-state index is 13.4. The van der Waals surface area contributed by atoms with Gasteiger partial charge < -0.3 is 15.4 Å². The number of rotatable bonds is 3. The van der Waals surface area contributed by atoms with Crippen molar-refractivity contribution < 1.29 is 19.1 Å². The van der Waals surface area contributed by atoms with E-state index in [0.717, 1.165) is 12.1 Å². The Morgan fingerprint density at radius 3 is 2.45 bits per heavy atom. The smallest absolute Gasteiger partial charge is 0.338 e. The number of H-pyrrole nitrogens is 1. The van der Waals surface area contributed by atoms with Crippen LogP contribution in [0.5, 0.6) is 0 Å². The van der Waals surface area contributed by atoms with Gasteiger partial charge in [0.15, 0.2) is 0 Å². The van der Waals surface area contributed by atoms with Gasteiger partial charge in [-0.3, -0.25) is 4.79 Å². The highest BCUT2D eigenvalue weighted by atomic mass is 35.5. The van der Waals surface area contributed by atoms with Crippen LogP contribution in [0.25, 0.3) is 0 Å². The molecule has 1 heterocycles. The number of carboxylic acids is 1. The van der Waals surface area contributed by atoms with E-state index in [1.54, 1.807) is 0 Å². The molecule has 0 atom stereocenters. The van der Waals surface area contributed by atoms with Gasteiger partial charge in [0.05, 0.1) is 10.6 Å². The molecule has 3 N–H and O–H groups in total. The summed E-state index contributed by atoms with van der Waals surface area (Å²) in [4.78, 5) is 25.0. The molecule has 0 aliphatic heterocycles. The number of carboxylic acid groups (broad SMARTS) is 1. The highest BCUT2D eigenvalue weighted by Gasteiger charge is 2.14. The van der Waals surface area contributed by atoms with Crippen LogP contribution in [-0.2, 0) is 0 Å². The number of hydrogen-bond donors (Lipinski definition) is 3. The van der Waals surface area contributed by atoms with Gasteiger partial charge in [-0.05, 0) is 24.3 Å². The summed E-state index contributed by atoms with van der Waals surface area (Å²) in [5, 5.41) is 11.4. The molecular formula is C12H7Cl2FN2O3. The second-order valence-corrected chi connectivity index (χ2v) is 4.58. The summed E-state index contributed by atoms with van der Waals surface area (Å²) in [6, 6.07) is 4.56. The molecule has 0 spiro atoms. The highest BCUT2D eigenvalue weighted by Crippen LogP contribution is 2.22. The minimum absolute atomic E-state index is 0.0997. The Balaban J connectivity index is 2.20. The lowest BCUT2D eigenvalue weighted by Gasteiger charge is -2.05. The van der Waals surface area contributed by atoms with E-state index >= 15 is 0 Å². The van der Waals surface area contributed by atoms with Crippen molar-refractivity contribution in [2.24, 2.45) is 0 Å². The third kappa shape index (κ3) is 2.92. The first-order chi connectivity index (χ1) is 9.38. The van der Waals surface area contributed by atoms with Gasteiger partial charge in [-0.2, -0.15) is 0 Å². The molecule has 0 aliphatic rings. The Kier molecular flexibility index (Phi) is 3.96. The monoisotopic (exact) mass is 316 g/mol. The predicted molar refractivity (Wildman–Crippen MR) is 72.1 cm³/mol. The maximum Gasteiger partial charge on any atom is 0.338 e. The van der Waals surface area contributed by atoms with Crippen molar-refractivity contribution in [3.05, 3.63) is 51.5 Å². The third-order valence-electron chi connectivity index (χ3n) is 2.43. The molecule has 0 fully saturated rings. The summed E-state index contributed by atoms with van der Waals surface area (Å²) >= 11 is 11.4. The molecule has 1 aromatic carbocycles. The van der Waals surface area contributed by atoms with Gasteiger partial charge in [-0.1, -0.05) is 23.2 Å². The first-order valence-corrected chi connectivity index (χ1v) is 6.02. The van der Waals surface area contributed by atoms with Crippen LogP contribution in [0.4, 0.5) is 10.1 Å². The van der Waals surface area contributed by atoms with Crippen LogP contribution < -0.4 is 5.32 Å². The molecule has 0 aliphatic carbocycles. The molecule has 2 rings (SSSR count). The van der Waals surface area contributed by atoms with Gasteiger partial charge in [-0.25, -0.2) is 9.18 Å². The average Bonchev–Trinajstić information content (AvgIpc) is 2.69. The van der Waals surface area contributed by atoms with E-state index < -0.39 is 23.3 Å². The summed E-state index contributed by atoms with van der Waals surface area (Å²) in [5.74, 6) is -2.91. The number of anilines is 1. The number of benzene rings is 1. The van der Waals surface area contributed by atoms with Crippen molar-refractivity contribution in [1.82, 2.24) is 4.98 Å². The molecule has 0 saturated heterocycles. The predicted octanol–water partition coefficient (Wildman–Crippen LogP) is 3.41. The van der Waals surface area contributed by atoms with Crippen molar-refractivity contribution in [1.29, 1.82) is 0 Å². The number of hydrogen-bond acceptors (Lipinski definition) is 2. The van der Waals surface area contributed by atoms with E-state index in [9.17, 15) is 14.0 Å². The first-order valence-electron chi connectivity index (χ1n) is 5.26. The van der Waals surface area contributed by atoms with E-state index in [1.807, 2.05) is 0 Å². The lowest BCUT2D eigenvalue weighted by atomic mass is 10.2. The topological polar surface area (TPSA) is 82.2 Å². The van der Waals surface area contributed by atoms with Gasteiger partial charge in [-0.15, -0.1) is 0 Å². The molecule has 0 bridgehead atoms. The second-order valence-electron chi connectivity index (χ2n) is 3.80. The standard InChI is InChI=1S/C12H7Cl2FN2O3/c13-7-4-9(17-10(7)14)11(18)16-5-1-2-6(12(19)20)8(15)3-5/h1-4,17H,(H,16,18)(H,19,20). The Bertz CT molecular complexity index is 681. The summed E-state index contributed by atoms with van der Waals surface area (Å²) in [6.45, 7) is 0. The maximum atomic E-state index is 13.4. The summed E-state index contributed by atoms with van der Waals surface area (Å²) in [5.41, 5.74) is -0.268.